The van der Waals surface area contributed by atoms with E-state index in [0.29, 0.717) is 13.2 Å². The van der Waals surface area contributed by atoms with Crippen LogP contribution in [0.4, 0.5) is 0 Å². The quantitative estimate of drug-likeness (QED) is 0.0342. The Labute approximate surface area is 530 Å². The van der Waals surface area contributed by atoms with Gasteiger partial charge in [-0.2, -0.15) is 10.1 Å². The van der Waals surface area contributed by atoms with E-state index in [4.69, 9.17) is 18.7 Å². The molecule has 0 amide bonds. The zero-order valence-electron chi connectivity index (χ0n) is 58.3. The van der Waals surface area contributed by atoms with Crippen LogP contribution < -0.4 is 0 Å². The number of rotatable bonds is 78. The normalized spacial score (nSPS) is 12.0. The summed E-state index contributed by atoms with van der Waals surface area (Å²) in [6.07, 6.45) is 88.7. The molecule has 0 fully saturated rings. The molecule has 7 nitrogen and oxygen atoms in total. The van der Waals surface area contributed by atoms with Crippen LogP contribution in [-0.2, 0) is 23.3 Å². The van der Waals surface area contributed by atoms with E-state index in [1.54, 1.807) is 0 Å². The summed E-state index contributed by atoms with van der Waals surface area (Å²) in [4.78, 5) is 12.6. The van der Waals surface area contributed by atoms with E-state index in [9.17, 15) is 4.57 Å². The topological polar surface area (TPSA) is 60.5 Å². The van der Waals surface area contributed by atoms with E-state index in [0.717, 1.165) is 26.2 Å². The van der Waals surface area contributed by atoms with E-state index < -0.39 is 8.25 Å². The maximum atomic E-state index is 12.9. The van der Waals surface area contributed by atoms with Crippen molar-refractivity contribution in [2.75, 3.05) is 52.6 Å². The van der Waals surface area contributed by atoms with Gasteiger partial charge in [0.1, 0.15) is 0 Å². The molecule has 0 bridgehead atoms. The van der Waals surface area contributed by atoms with Crippen LogP contribution in [0.5, 0.6) is 0 Å². The largest absolute Gasteiger partial charge is 0.319 e. The third-order valence-corrected chi connectivity index (χ3v) is 19.1. The molecule has 8 heteroatoms. The molecule has 0 aliphatic carbocycles. The lowest BCUT2D eigenvalue weighted by Gasteiger charge is -2.22. The first-order chi connectivity index (χ1) is 41.7. The van der Waals surface area contributed by atoms with Crippen molar-refractivity contribution in [2.45, 2.75) is 439 Å². The second-order valence-corrected chi connectivity index (χ2v) is 27.8. The van der Waals surface area contributed by atoms with Gasteiger partial charge in [0.05, 0.1) is 26.4 Å². The first-order valence-corrected chi connectivity index (χ1v) is 40.5. The van der Waals surface area contributed by atoms with Gasteiger partial charge in [-0.25, -0.2) is 0 Å². The van der Waals surface area contributed by atoms with Gasteiger partial charge in [-0.1, -0.05) is 413 Å². The molecule has 0 aliphatic rings. The zero-order valence-corrected chi connectivity index (χ0v) is 59.3. The van der Waals surface area contributed by atoms with E-state index >= 15 is 0 Å². The van der Waals surface area contributed by atoms with Crippen LogP contribution >= 0.6 is 8.25 Å². The van der Waals surface area contributed by atoms with Crippen molar-refractivity contribution in [3.63, 3.8) is 0 Å². The van der Waals surface area contributed by atoms with Crippen molar-refractivity contribution >= 4 is 8.25 Å². The number of hydrogen-bond donors (Lipinski definition) is 0. The highest BCUT2D eigenvalue weighted by Crippen LogP contribution is 2.24. The van der Waals surface area contributed by atoms with Crippen LogP contribution in [0.2, 0.25) is 0 Å². The van der Waals surface area contributed by atoms with Crippen LogP contribution in [0.3, 0.4) is 0 Å². The predicted molar refractivity (Wildman–Crippen MR) is 374 cm³/mol. The van der Waals surface area contributed by atoms with Crippen LogP contribution in [0, 0.1) is 0 Å². The van der Waals surface area contributed by atoms with Gasteiger partial charge in [-0.3, -0.25) is 14.2 Å². The molecule has 84 heavy (non-hydrogen) atoms. The Bertz CT molecular complexity index is 1020. The Balaban J connectivity index is 4.66. The molecule has 0 radical (unpaired) electrons. The summed E-state index contributed by atoms with van der Waals surface area (Å²) in [6, 6.07) is 0. The second-order valence-electron chi connectivity index (χ2n) is 26.7. The first-order valence-electron chi connectivity index (χ1n) is 39.2. The highest BCUT2D eigenvalue weighted by atomic mass is 31.1. The molecular weight excluding hydrogens is 1050 g/mol. The summed E-state index contributed by atoms with van der Waals surface area (Å²) in [6.45, 7) is 14.5. The Hall–Kier alpha value is -0.0100. The summed E-state index contributed by atoms with van der Waals surface area (Å²) in [5, 5.41) is 4.38. The lowest BCUT2D eigenvalue weighted by atomic mass is 10.0. The predicted octanol–water partition coefficient (Wildman–Crippen LogP) is 26.9. The number of hydroxylamine groups is 4. The third kappa shape index (κ3) is 72.7. The van der Waals surface area contributed by atoms with Crippen LogP contribution in [0.15, 0.2) is 0 Å². The van der Waals surface area contributed by atoms with Gasteiger partial charge in [0.25, 0.3) is 0 Å². The van der Waals surface area contributed by atoms with Crippen molar-refractivity contribution in [1.29, 1.82) is 0 Å². The minimum absolute atomic E-state index is 0.289. The fourth-order valence-corrected chi connectivity index (χ4v) is 13.0. The van der Waals surface area contributed by atoms with Crippen molar-refractivity contribution < 1.29 is 23.3 Å². The van der Waals surface area contributed by atoms with E-state index in [2.05, 4.69) is 37.8 Å². The summed E-state index contributed by atoms with van der Waals surface area (Å²) >= 11 is 0. The monoisotopic (exact) mass is 1210 g/mol. The van der Waals surface area contributed by atoms with E-state index in [1.165, 1.54) is 411 Å². The molecule has 0 aliphatic heterocycles. The third-order valence-electron chi connectivity index (χ3n) is 18.2. The van der Waals surface area contributed by atoms with E-state index in [-0.39, 0.29) is 13.2 Å². The molecule has 0 rings (SSSR count). The molecule has 0 saturated carbocycles. The van der Waals surface area contributed by atoms with E-state index in [1.807, 2.05) is 0 Å². The lowest BCUT2D eigenvalue weighted by Crippen LogP contribution is -2.28. The van der Waals surface area contributed by atoms with Gasteiger partial charge in [0.2, 0.25) is 0 Å². The lowest BCUT2D eigenvalue weighted by molar-refractivity contribution is -0.168. The molecule has 0 aromatic rings. The molecule has 0 heterocycles. The molecule has 0 saturated heterocycles. The molecule has 0 atom stereocenters. The maximum Gasteiger partial charge on any atom is 0.319 e. The van der Waals surface area contributed by atoms with Crippen molar-refractivity contribution in [3.05, 3.63) is 0 Å². The Morgan fingerprint density at radius 3 is 0.464 bits per heavy atom. The smallest absolute Gasteiger partial charge is 0.308 e. The summed E-state index contributed by atoms with van der Waals surface area (Å²) < 4.78 is 24.3. The molecule has 0 spiro atoms. The van der Waals surface area contributed by atoms with Crippen LogP contribution in [-0.4, -0.2) is 62.7 Å². The molecule has 0 aromatic carbocycles. The minimum atomic E-state index is -2.61. The minimum Gasteiger partial charge on any atom is -0.308 e. The Morgan fingerprint density at radius 2 is 0.321 bits per heavy atom. The van der Waals surface area contributed by atoms with Crippen LogP contribution in [0.25, 0.3) is 0 Å². The average Bonchev–Trinajstić information content (AvgIpc) is 3.51. The molecule has 0 aromatic heterocycles. The number of unbranched alkanes of at least 4 members (excludes halogenated alkanes) is 60. The van der Waals surface area contributed by atoms with Gasteiger partial charge < -0.3 is 9.05 Å². The van der Waals surface area contributed by atoms with Gasteiger partial charge in [0, 0.05) is 26.2 Å². The number of nitrogens with zero attached hydrogens (tertiary/aromatic N) is 2. The van der Waals surface area contributed by atoms with Gasteiger partial charge >= 0.3 is 8.25 Å². The number of hydrogen-bond acceptors (Lipinski definition) is 7. The fraction of sp³-hybridized carbons (Fsp3) is 1.00. The van der Waals surface area contributed by atoms with Crippen molar-refractivity contribution in [1.82, 2.24) is 10.1 Å². The van der Waals surface area contributed by atoms with Crippen molar-refractivity contribution in [3.8, 4) is 0 Å². The highest BCUT2D eigenvalue weighted by molar-refractivity contribution is 7.33. The van der Waals surface area contributed by atoms with Crippen molar-refractivity contribution in [2.24, 2.45) is 0 Å². The maximum absolute atomic E-state index is 12.9. The fourth-order valence-electron chi connectivity index (χ4n) is 12.5. The first kappa shape index (κ1) is 84.0. The summed E-state index contributed by atoms with van der Waals surface area (Å²) in [5.41, 5.74) is 0. The SMILES string of the molecule is CCCCCCCCCCCCCCCCCCN(CCCCCCCCCCCCCCCCCC)OCCO[PH](=O)OCCON(CCCCCCCCCCCCCCCCCC)CCCCCCCCCCCCCCCCCC. The Morgan fingerprint density at radius 1 is 0.190 bits per heavy atom. The second kappa shape index (κ2) is 77.2. The molecule has 506 valence electrons. The zero-order chi connectivity index (χ0) is 60.5. The summed E-state index contributed by atoms with van der Waals surface area (Å²) in [5.74, 6) is 0. The Kier molecular flexibility index (Phi) is 77.2. The van der Waals surface area contributed by atoms with Gasteiger partial charge in [-0.05, 0) is 25.7 Å². The van der Waals surface area contributed by atoms with Gasteiger partial charge in [-0.15, -0.1) is 0 Å². The summed E-state index contributed by atoms with van der Waals surface area (Å²) in [7, 11) is -2.61. The van der Waals surface area contributed by atoms with Gasteiger partial charge in [0.15, 0.2) is 0 Å². The average molecular weight is 1210 g/mol. The standard InChI is InChI=1S/C76H157N2O5P/c1-5-9-13-17-21-25-29-33-37-41-45-49-53-57-61-65-69-77(70-66-62-58-54-50-46-42-38-34-30-26-22-18-14-10-6-2)80-73-75-82-84(79)83-76-74-81-78(71-67-63-59-55-51-47-43-39-35-31-27-23-19-15-11-7-3)72-68-64-60-56-52-48-44-40-36-32-28-24-20-16-12-8-4/h84H,5-76H2,1-4H3. The molecule has 0 N–H and O–H groups in total. The van der Waals surface area contributed by atoms with Crippen LogP contribution in [0.1, 0.15) is 439 Å². The molecular formula is C76H157N2O5P. The molecule has 0 unspecified atom stereocenters. The highest BCUT2D eigenvalue weighted by Gasteiger charge is 2.10.